The molecule has 0 saturated heterocycles. The monoisotopic (exact) mass is 410 g/mol. The van der Waals surface area contributed by atoms with E-state index in [0.717, 1.165) is 11.3 Å². The maximum atomic E-state index is 12.2. The highest BCUT2D eigenvalue weighted by molar-refractivity contribution is 7.16. The van der Waals surface area contributed by atoms with Crippen LogP contribution >= 0.6 is 22.9 Å². The van der Waals surface area contributed by atoms with Crippen molar-refractivity contribution in [3.8, 4) is 5.75 Å². The van der Waals surface area contributed by atoms with Gasteiger partial charge in [0, 0.05) is 9.90 Å². The second-order valence-corrected chi connectivity index (χ2v) is 6.94. The van der Waals surface area contributed by atoms with Crippen molar-refractivity contribution in [3.05, 3.63) is 45.3 Å². The van der Waals surface area contributed by atoms with Gasteiger partial charge in [0.1, 0.15) is 10.8 Å². The molecule has 0 aliphatic carbocycles. The van der Waals surface area contributed by atoms with Gasteiger partial charge in [0.05, 0.1) is 17.7 Å². The minimum absolute atomic E-state index is 0.0758. The summed E-state index contributed by atoms with van der Waals surface area (Å²) >= 11 is 7.13. The highest BCUT2D eigenvalue weighted by atomic mass is 35.5. The Morgan fingerprint density at radius 1 is 1.19 bits per heavy atom. The number of ether oxygens (including phenoxy) is 2. The Hall–Kier alpha value is -2.58. The predicted octanol–water partition coefficient (Wildman–Crippen LogP) is 3.26. The van der Waals surface area contributed by atoms with Gasteiger partial charge in [-0.25, -0.2) is 4.79 Å². The van der Waals surface area contributed by atoms with E-state index in [1.165, 1.54) is 29.5 Å². The summed E-state index contributed by atoms with van der Waals surface area (Å²) in [6.07, 6.45) is 0.718. The smallest absolute Gasteiger partial charge is 0.341 e. The highest BCUT2D eigenvalue weighted by Crippen LogP contribution is 2.29. The zero-order valence-electron chi connectivity index (χ0n) is 14.8. The number of esters is 1. The number of primary amides is 1. The highest BCUT2D eigenvalue weighted by Gasteiger charge is 2.19. The zero-order chi connectivity index (χ0) is 20.0. The quantitative estimate of drug-likeness (QED) is 0.649. The Balaban J connectivity index is 2.10. The van der Waals surface area contributed by atoms with Crippen LogP contribution in [0.4, 0.5) is 5.00 Å². The van der Waals surface area contributed by atoms with Crippen molar-refractivity contribution in [1.82, 2.24) is 0 Å². The van der Waals surface area contributed by atoms with Crippen molar-refractivity contribution < 1.29 is 23.9 Å². The molecule has 2 rings (SSSR count). The summed E-state index contributed by atoms with van der Waals surface area (Å²) in [7, 11) is 0. The van der Waals surface area contributed by atoms with Gasteiger partial charge in [-0.05, 0) is 37.6 Å². The molecule has 0 atom stereocenters. The molecule has 2 aromatic rings. The minimum Gasteiger partial charge on any atom is -0.483 e. The molecular formula is C18H19ClN2O5S. The van der Waals surface area contributed by atoms with E-state index in [9.17, 15) is 14.4 Å². The van der Waals surface area contributed by atoms with Crippen molar-refractivity contribution >= 4 is 45.7 Å². The van der Waals surface area contributed by atoms with Gasteiger partial charge in [0.15, 0.2) is 6.61 Å². The number of nitrogens with one attached hydrogen (secondary N) is 1. The Labute approximate surface area is 165 Å². The van der Waals surface area contributed by atoms with Crippen LogP contribution in [0.3, 0.4) is 0 Å². The fourth-order valence-corrected chi connectivity index (χ4v) is 3.37. The first-order valence-corrected chi connectivity index (χ1v) is 9.37. The molecule has 0 bridgehead atoms. The first-order chi connectivity index (χ1) is 12.8. The Bertz CT molecular complexity index is 865. The molecule has 3 N–H and O–H groups in total. The standard InChI is InChI=1S/C18H19ClN2O5S/c1-3-11-8-13(18(24)25-4-2)17(27-11)21-15(22)9-26-14-6-5-10(19)7-12(14)16(20)23/h5-8H,3-4,9H2,1-2H3,(H2,20,23)(H,21,22). The Kier molecular flexibility index (Phi) is 7.20. The van der Waals surface area contributed by atoms with Crippen molar-refractivity contribution in [2.45, 2.75) is 20.3 Å². The van der Waals surface area contributed by atoms with Gasteiger partial charge in [-0.3, -0.25) is 9.59 Å². The number of halogens is 1. The van der Waals surface area contributed by atoms with Crippen molar-refractivity contribution in [3.63, 3.8) is 0 Å². The van der Waals surface area contributed by atoms with Crippen molar-refractivity contribution in [2.75, 3.05) is 18.5 Å². The summed E-state index contributed by atoms with van der Waals surface area (Å²) < 4.78 is 10.4. The molecule has 0 spiro atoms. The number of aryl methyl sites for hydroxylation is 1. The predicted molar refractivity (Wildman–Crippen MR) is 104 cm³/mol. The molecule has 0 unspecified atom stereocenters. The lowest BCUT2D eigenvalue weighted by Gasteiger charge is -2.10. The van der Waals surface area contributed by atoms with Crippen LogP contribution < -0.4 is 15.8 Å². The Morgan fingerprint density at radius 3 is 2.56 bits per heavy atom. The van der Waals surface area contributed by atoms with Crippen LogP contribution in [-0.2, 0) is 16.0 Å². The largest absolute Gasteiger partial charge is 0.483 e. The number of thiophene rings is 1. The van der Waals surface area contributed by atoms with Gasteiger partial charge < -0.3 is 20.5 Å². The zero-order valence-corrected chi connectivity index (χ0v) is 16.4. The van der Waals surface area contributed by atoms with Crippen LogP contribution in [-0.4, -0.2) is 31.0 Å². The SMILES string of the molecule is CCOC(=O)c1cc(CC)sc1NC(=O)COc1ccc(Cl)cc1C(N)=O. The number of carbonyl (C=O) groups is 3. The summed E-state index contributed by atoms with van der Waals surface area (Å²) in [4.78, 5) is 36.7. The van der Waals surface area contributed by atoms with Gasteiger partial charge >= 0.3 is 5.97 Å². The molecule has 0 radical (unpaired) electrons. The summed E-state index contributed by atoms with van der Waals surface area (Å²) in [5, 5.41) is 3.36. The number of hydrogen-bond acceptors (Lipinski definition) is 6. The topological polar surface area (TPSA) is 108 Å². The summed E-state index contributed by atoms with van der Waals surface area (Å²) in [6, 6.07) is 6.04. The van der Waals surface area contributed by atoms with Crippen molar-refractivity contribution in [1.29, 1.82) is 0 Å². The molecule has 2 amide bonds. The number of carbonyl (C=O) groups excluding carboxylic acids is 3. The Morgan fingerprint density at radius 2 is 1.93 bits per heavy atom. The minimum atomic E-state index is -0.719. The number of rotatable bonds is 8. The third-order valence-electron chi connectivity index (χ3n) is 3.45. The van der Waals surface area contributed by atoms with Crippen LogP contribution in [0.15, 0.2) is 24.3 Å². The second kappa shape index (κ2) is 9.38. The number of nitrogens with two attached hydrogens (primary N) is 1. The van der Waals surface area contributed by atoms with Crippen LogP contribution in [0.5, 0.6) is 5.75 Å². The molecule has 0 fully saturated rings. The summed E-state index contributed by atoms with van der Waals surface area (Å²) in [6.45, 7) is 3.52. The van der Waals surface area contributed by atoms with E-state index < -0.39 is 17.8 Å². The fourth-order valence-electron chi connectivity index (χ4n) is 2.20. The van der Waals surface area contributed by atoms with Crippen LogP contribution in [0.1, 0.15) is 39.4 Å². The first-order valence-electron chi connectivity index (χ1n) is 8.17. The van der Waals surface area contributed by atoms with E-state index in [1.54, 1.807) is 13.0 Å². The van der Waals surface area contributed by atoms with E-state index in [0.29, 0.717) is 15.6 Å². The average Bonchev–Trinajstić information content (AvgIpc) is 3.03. The maximum Gasteiger partial charge on any atom is 0.341 e. The van der Waals surface area contributed by atoms with E-state index >= 15 is 0 Å². The lowest BCUT2D eigenvalue weighted by Crippen LogP contribution is -2.22. The second-order valence-electron chi connectivity index (χ2n) is 5.37. The number of benzene rings is 1. The van der Waals surface area contributed by atoms with Crippen molar-refractivity contribution in [2.24, 2.45) is 5.73 Å². The number of hydrogen-bond donors (Lipinski definition) is 2. The molecule has 1 aromatic carbocycles. The van der Waals surface area contributed by atoms with E-state index in [4.69, 9.17) is 26.8 Å². The van der Waals surface area contributed by atoms with Crippen LogP contribution in [0.2, 0.25) is 5.02 Å². The molecule has 0 saturated carbocycles. The van der Waals surface area contributed by atoms with Gasteiger partial charge in [0.2, 0.25) is 0 Å². The number of amides is 2. The fraction of sp³-hybridized carbons (Fsp3) is 0.278. The molecule has 144 valence electrons. The van der Waals surface area contributed by atoms with E-state index in [-0.39, 0.29) is 24.5 Å². The van der Waals surface area contributed by atoms with Gasteiger partial charge in [-0.2, -0.15) is 0 Å². The van der Waals surface area contributed by atoms with Gasteiger partial charge in [0.25, 0.3) is 11.8 Å². The molecule has 0 aliphatic rings. The van der Waals surface area contributed by atoms with Gasteiger partial charge in [-0.1, -0.05) is 18.5 Å². The third-order valence-corrected chi connectivity index (χ3v) is 4.88. The van der Waals surface area contributed by atoms with Crippen LogP contribution in [0.25, 0.3) is 0 Å². The average molecular weight is 411 g/mol. The molecular weight excluding hydrogens is 392 g/mol. The molecule has 1 aromatic heterocycles. The van der Waals surface area contributed by atoms with Crippen LogP contribution in [0, 0.1) is 0 Å². The molecule has 27 heavy (non-hydrogen) atoms. The molecule has 0 aliphatic heterocycles. The first kappa shape index (κ1) is 20.7. The molecule has 9 heteroatoms. The maximum absolute atomic E-state index is 12.2. The van der Waals surface area contributed by atoms with E-state index in [1.807, 2.05) is 6.92 Å². The lowest BCUT2D eigenvalue weighted by molar-refractivity contribution is -0.118. The van der Waals surface area contributed by atoms with E-state index in [2.05, 4.69) is 5.32 Å². The van der Waals surface area contributed by atoms with Gasteiger partial charge in [-0.15, -0.1) is 11.3 Å². The normalized spacial score (nSPS) is 10.3. The molecule has 1 heterocycles. The lowest BCUT2D eigenvalue weighted by atomic mass is 10.2. The summed E-state index contributed by atoms with van der Waals surface area (Å²) in [5.41, 5.74) is 5.66. The molecule has 7 nitrogen and oxygen atoms in total. The summed E-state index contributed by atoms with van der Waals surface area (Å²) in [5.74, 6) is -1.56. The number of anilines is 1. The third kappa shape index (κ3) is 5.45.